The van der Waals surface area contributed by atoms with Gasteiger partial charge in [-0.05, 0) is 24.3 Å². The van der Waals surface area contributed by atoms with Crippen molar-refractivity contribution < 1.29 is 33.6 Å². The minimum atomic E-state index is -1.05. The van der Waals surface area contributed by atoms with Crippen LogP contribution in [0, 0.1) is 0 Å². The SMILES string of the molecule is COc1ccc(O[C@H]2O[C@@H]3CO[C@H](c4ccccc4)O[C@@H]3[C@@H](O)[C@H]2NC(C)=O)cc1. The minimum Gasteiger partial charge on any atom is -0.497 e. The summed E-state index contributed by atoms with van der Waals surface area (Å²) in [5, 5.41) is 13.8. The number of aliphatic hydroxyl groups excluding tert-OH is 1. The third kappa shape index (κ3) is 4.41. The van der Waals surface area contributed by atoms with Crippen LogP contribution in [0.5, 0.6) is 11.5 Å². The highest BCUT2D eigenvalue weighted by Crippen LogP contribution is 2.35. The Labute approximate surface area is 174 Å². The summed E-state index contributed by atoms with van der Waals surface area (Å²) in [5.41, 5.74) is 0.843. The van der Waals surface area contributed by atoms with Crippen molar-refractivity contribution in [1.82, 2.24) is 5.32 Å². The third-order valence-corrected chi connectivity index (χ3v) is 5.12. The van der Waals surface area contributed by atoms with Gasteiger partial charge < -0.3 is 34.1 Å². The van der Waals surface area contributed by atoms with E-state index in [0.29, 0.717) is 11.5 Å². The number of carbonyl (C=O) groups is 1. The van der Waals surface area contributed by atoms with Gasteiger partial charge in [0.1, 0.15) is 35.9 Å². The van der Waals surface area contributed by atoms with E-state index >= 15 is 0 Å². The molecule has 2 heterocycles. The Hall–Kier alpha value is -2.65. The van der Waals surface area contributed by atoms with Gasteiger partial charge >= 0.3 is 0 Å². The zero-order valence-corrected chi connectivity index (χ0v) is 16.8. The van der Waals surface area contributed by atoms with Crippen LogP contribution in [0.2, 0.25) is 0 Å². The number of carbonyl (C=O) groups excluding carboxylic acids is 1. The van der Waals surface area contributed by atoms with Gasteiger partial charge in [-0.1, -0.05) is 30.3 Å². The summed E-state index contributed by atoms with van der Waals surface area (Å²) in [5.74, 6) is 0.893. The molecule has 30 heavy (non-hydrogen) atoms. The van der Waals surface area contributed by atoms with Crippen LogP contribution >= 0.6 is 0 Å². The quantitative estimate of drug-likeness (QED) is 0.769. The Morgan fingerprint density at radius 1 is 1.07 bits per heavy atom. The number of fused-ring (bicyclic) bond motifs is 1. The van der Waals surface area contributed by atoms with Gasteiger partial charge in [0.15, 0.2) is 6.29 Å². The van der Waals surface area contributed by atoms with E-state index in [4.69, 9.17) is 23.7 Å². The second-order valence-electron chi connectivity index (χ2n) is 7.23. The first-order chi connectivity index (χ1) is 14.5. The number of nitrogens with one attached hydrogen (secondary N) is 1. The Bertz CT molecular complexity index is 844. The van der Waals surface area contributed by atoms with Gasteiger partial charge in [0.25, 0.3) is 0 Å². The fourth-order valence-electron chi connectivity index (χ4n) is 3.65. The molecule has 2 fully saturated rings. The van der Waals surface area contributed by atoms with Crippen molar-refractivity contribution in [3.63, 3.8) is 0 Å². The second-order valence-corrected chi connectivity index (χ2v) is 7.23. The highest BCUT2D eigenvalue weighted by atomic mass is 16.7. The first-order valence-electron chi connectivity index (χ1n) is 9.78. The zero-order valence-electron chi connectivity index (χ0n) is 16.8. The van der Waals surface area contributed by atoms with Crippen LogP contribution in [-0.4, -0.2) is 55.4 Å². The van der Waals surface area contributed by atoms with E-state index in [1.54, 1.807) is 31.4 Å². The lowest BCUT2D eigenvalue weighted by atomic mass is 9.95. The van der Waals surface area contributed by atoms with Crippen molar-refractivity contribution in [2.24, 2.45) is 0 Å². The summed E-state index contributed by atoms with van der Waals surface area (Å²) in [6.07, 6.45) is -3.82. The lowest BCUT2D eigenvalue weighted by molar-refractivity contribution is -0.333. The molecule has 0 radical (unpaired) electrons. The first-order valence-corrected chi connectivity index (χ1v) is 9.78. The first kappa shape index (κ1) is 20.6. The van der Waals surface area contributed by atoms with Crippen molar-refractivity contribution in [3.05, 3.63) is 60.2 Å². The van der Waals surface area contributed by atoms with Gasteiger partial charge in [-0.25, -0.2) is 0 Å². The molecule has 8 nitrogen and oxygen atoms in total. The van der Waals surface area contributed by atoms with Crippen molar-refractivity contribution in [3.8, 4) is 11.5 Å². The number of aliphatic hydroxyl groups is 1. The van der Waals surface area contributed by atoms with Crippen molar-refractivity contribution in [2.75, 3.05) is 13.7 Å². The fraction of sp³-hybridized carbons (Fsp3) is 0.409. The fourth-order valence-corrected chi connectivity index (χ4v) is 3.65. The van der Waals surface area contributed by atoms with Crippen molar-refractivity contribution in [1.29, 1.82) is 0 Å². The van der Waals surface area contributed by atoms with Crippen LogP contribution in [0.4, 0.5) is 0 Å². The van der Waals surface area contributed by atoms with Crippen LogP contribution in [0.1, 0.15) is 18.8 Å². The number of hydrogen-bond acceptors (Lipinski definition) is 7. The number of methoxy groups -OCH3 is 1. The molecule has 2 aliphatic heterocycles. The Morgan fingerprint density at radius 2 is 1.77 bits per heavy atom. The minimum absolute atomic E-state index is 0.219. The van der Waals surface area contributed by atoms with Crippen LogP contribution < -0.4 is 14.8 Å². The molecule has 2 N–H and O–H groups in total. The molecule has 0 saturated carbocycles. The van der Waals surface area contributed by atoms with Gasteiger partial charge in [-0.15, -0.1) is 0 Å². The molecular weight excluding hydrogens is 390 g/mol. The third-order valence-electron chi connectivity index (χ3n) is 5.12. The smallest absolute Gasteiger partial charge is 0.223 e. The lowest BCUT2D eigenvalue weighted by Crippen LogP contribution is -2.67. The predicted molar refractivity (Wildman–Crippen MR) is 106 cm³/mol. The van der Waals surface area contributed by atoms with Gasteiger partial charge in [0.2, 0.25) is 12.2 Å². The number of hydrogen-bond donors (Lipinski definition) is 2. The molecule has 1 amide bonds. The highest BCUT2D eigenvalue weighted by Gasteiger charge is 2.50. The summed E-state index contributed by atoms with van der Waals surface area (Å²) in [4.78, 5) is 11.8. The summed E-state index contributed by atoms with van der Waals surface area (Å²) >= 11 is 0. The molecule has 2 aromatic rings. The molecule has 8 heteroatoms. The molecule has 2 saturated heterocycles. The van der Waals surface area contributed by atoms with Crippen molar-refractivity contribution >= 4 is 5.91 Å². The van der Waals surface area contributed by atoms with Gasteiger partial charge in [0, 0.05) is 12.5 Å². The number of rotatable bonds is 5. The van der Waals surface area contributed by atoms with E-state index in [0.717, 1.165) is 5.56 Å². The molecule has 0 spiro atoms. The lowest BCUT2D eigenvalue weighted by Gasteiger charge is -2.47. The van der Waals surface area contributed by atoms with E-state index in [1.165, 1.54) is 6.92 Å². The van der Waals surface area contributed by atoms with E-state index < -0.39 is 36.9 Å². The van der Waals surface area contributed by atoms with Crippen LogP contribution in [0.3, 0.4) is 0 Å². The summed E-state index contributed by atoms with van der Waals surface area (Å²) in [7, 11) is 1.58. The molecule has 0 bridgehead atoms. The molecule has 0 aliphatic carbocycles. The van der Waals surface area contributed by atoms with E-state index in [1.807, 2.05) is 30.3 Å². The largest absolute Gasteiger partial charge is 0.497 e. The molecule has 4 rings (SSSR count). The van der Waals surface area contributed by atoms with Crippen molar-refractivity contribution in [2.45, 2.75) is 43.9 Å². The summed E-state index contributed by atoms with van der Waals surface area (Å²) < 4.78 is 28.9. The van der Waals surface area contributed by atoms with Crippen LogP contribution in [0.25, 0.3) is 0 Å². The van der Waals surface area contributed by atoms with Gasteiger partial charge in [-0.3, -0.25) is 4.79 Å². The molecule has 0 aromatic heterocycles. The topological polar surface area (TPSA) is 95.5 Å². The standard InChI is InChI=1S/C22H25NO7/c1-13(24)23-18-19(25)20-17(12-27-21(30-20)14-6-4-3-5-7-14)29-22(18)28-16-10-8-15(26-2)9-11-16/h3-11,17-22,25H,12H2,1-2H3,(H,23,24)/t17-,18-,19+,20+,21+,22+/m1/s1. The maximum Gasteiger partial charge on any atom is 0.223 e. The molecule has 6 atom stereocenters. The van der Waals surface area contributed by atoms with Gasteiger partial charge in [0.05, 0.1) is 13.7 Å². The number of ether oxygens (including phenoxy) is 5. The Morgan fingerprint density at radius 3 is 2.43 bits per heavy atom. The van der Waals surface area contributed by atoms with E-state index in [9.17, 15) is 9.90 Å². The maximum atomic E-state index is 11.8. The molecule has 2 aliphatic rings. The average Bonchev–Trinajstić information content (AvgIpc) is 2.77. The summed E-state index contributed by atoms with van der Waals surface area (Å²) in [6, 6.07) is 15.6. The molecule has 160 valence electrons. The van der Waals surface area contributed by atoms with Gasteiger partial charge in [-0.2, -0.15) is 0 Å². The molecular formula is C22H25NO7. The Kier molecular flexibility index (Phi) is 6.19. The number of benzene rings is 2. The Balaban J connectivity index is 1.51. The normalized spacial score (nSPS) is 30.8. The summed E-state index contributed by atoms with van der Waals surface area (Å²) in [6.45, 7) is 1.59. The predicted octanol–water partition coefficient (Wildman–Crippen LogP) is 1.78. The van der Waals surface area contributed by atoms with E-state index in [2.05, 4.69) is 5.32 Å². The number of amides is 1. The zero-order chi connectivity index (χ0) is 21.1. The second kappa shape index (κ2) is 9.01. The maximum absolute atomic E-state index is 11.8. The molecule has 0 unspecified atom stereocenters. The average molecular weight is 415 g/mol. The molecule has 2 aromatic carbocycles. The highest BCUT2D eigenvalue weighted by molar-refractivity contribution is 5.73. The van der Waals surface area contributed by atoms with Crippen LogP contribution in [-0.2, 0) is 19.0 Å². The monoisotopic (exact) mass is 415 g/mol. The van der Waals surface area contributed by atoms with E-state index in [-0.39, 0.29) is 12.5 Å². The van der Waals surface area contributed by atoms with Crippen LogP contribution in [0.15, 0.2) is 54.6 Å².